The first-order valence-corrected chi connectivity index (χ1v) is 53.8. The van der Waals surface area contributed by atoms with Crippen LogP contribution in [0.1, 0.15) is 44.5 Å². The van der Waals surface area contributed by atoms with Crippen LogP contribution >= 0.6 is 0 Å². The summed E-state index contributed by atoms with van der Waals surface area (Å²) in [6.07, 6.45) is 0. The lowest BCUT2D eigenvalue weighted by molar-refractivity contribution is 1.16. The second-order valence-corrected chi connectivity index (χ2v) is 51.7. The van der Waals surface area contributed by atoms with Crippen LogP contribution in [-0.2, 0) is 0 Å². The fourth-order valence-electron chi connectivity index (χ4n) is 23.3. The standard InChI is InChI=1S/C122H100BN3Si4/c1-85-69-86(2)74-108(73-85)127(96-37-17-9-18-38-96,97-39-19-10-20-40-97)104-61-57-93(58-62-104)124-118-67-65-106(129(100-45-25-13-26-46-100,101-47-27-14-28-48-101)110-77-89(5)71-90(6)78-110)83-114(118)123-115-84-107(130(102-49-29-15-30-50-102,103-51-31-16-32-52-103)111-79-91(7)72-92(8)80-111)66-68-119(115)125(121-82-95(81-120(124)122(121)123)126-116-55-35-33-53-112(116)113-54-34-36-56-117(113)126)94-59-63-105(64-60-94)128(98-41-21-11-22-42-98,99-43-23-12-24-44-99)109-75-87(3)70-88(4)76-109/h9-84H,1-8H3. The zero-order valence-corrected chi connectivity index (χ0v) is 78.8. The van der Waals surface area contributed by atoms with E-state index in [9.17, 15) is 0 Å². The molecule has 2 aliphatic rings. The number of aromatic nitrogens is 1. The summed E-state index contributed by atoms with van der Waals surface area (Å²) in [6.45, 7) is 17.9. The van der Waals surface area contributed by atoms with Gasteiger partial charge in [-0.05, 0) is 215 Å². The van der Waals surface area contributed by atoms with Crippen LogP contribution in [0.2, 0.25) is 0 Å². The van der Waals surface area contributed by atoms with Crippen molar-refractivity contribution >= 4 is 194 Å². The minimum Gasteiger partial charge on any atom is -0.311 e. The van der Waals surface area contributed by atoms with Crippen molar-refractivity contribution < 1.29 is 0 Å². The van der Waals surface area contributed by atoms with E-state index in [0.717, 1.165) is 50.8 Å². The molecule has 19 aromatic carbocycles. The molecule has 0 saturated carbocycles. The van der Waals surface area contributed by atoms with E-state index >= 15 is 0 Å². The summed E-state index contributed by atoms with van der Waals surface area (Å²) in [5, 5.41) is 23.8. The van der Waals surface area contributed by atoms with E-state index in [4.69, 9.17) is 0 Å². The van der Waals surface area contributed by atoms with E-state index in [1.807, 2.05) is 0 Å². The second-order valence-electron chi connectivity index (χ2n) is 36.4. The maximum atomic E-state index is 2.75. The van der Waals surface area contributed by atoms with E-state index in [1.54, 1.807) is 0 Å². The van der Waals surface area contributed by atoms with Gasteiger partial charge in [-0.3, -0.25) is 0 Å². The molecule has 0 atom stereocenters. The van der Waals surface area contributed by atoms with E-state index in [1.165, 1.54) is 155 Å². The Balaban J connectivity index is 0.903. The molecule has 8 heteroatoms. The second kappa shape index (κ2) is 33.0. The van der Waals surface area contributed by atoms with E-state index < -0.39 is 32.3 Å². The molecule has 20 aromatic rings. The molecule has 0 saturated heterocycles. The van der Waals surface area contributed by atoms with Gasteiger partial charge in [0.15, 0.2) is 32.3 Å². The number of nitrogens with zero attached hydrogens (tertiary/aromatic N) is 3. The number of aryl methyl sites for hydroxylation is 8. The fraction of sp³-hybridized carbons (Fsp3) is 0.0656. The highest BCUT2D eigenvalue weighted by molar-refractivity contribution is 7.22. The number of para-hydroxylation sites is 2. The molecule has 0 spiro atoms. The predicted molar refractivity (Wildman–Crippen MR) is 567 cm³/mol. The molecular formula is C122H100BN3Si4. The van der Waals surface area contributed by atoms with Crippen molar-refractivity contribution in [1.82, 2.24) is 4.57 Å². The van der Waals surface area contributed by atoms with Gasteiger partial charge in [0, 0.05) is 44.9 Å². The van der Waals surface area contributed by atoms with Crippen LogP contribution in [0.15, 0.2) is 461 Å². The monoisotopic (exact) mass is 1730 g/mol. The Hall–Kier alpha value is -14.5. The molecule has 0 radical (unpaired) electrons. The molecule has 22 rings (SSSR count). The number of hydrogen-bond acceptors (Lipinski definition) is 2. The number of rotatable bonds is 19. The van der Waals surface area contributed by atoms with Crippen molar-refractivity contribution in [2.45, 2.75) is 55.4 Å². The van der Waals surface area contributed by atoms with Crippen molar-refractivity contribution in [3.63, 3.8) is 0 Å². The van der Waals surface area contributed by atoms with E-state index in [0.29, 0.717) is 0 Å². The Morgan fingerprint density at radius 1 is 0.169 bits per heavy atom. The minimum absolute atomic E-state index is 0.357. The van der Waals surface area contributed by atoms with Gasteiger partial charge in [0.1, 0.15) is 0 Å². The van der Waals surface area contributed by atoms with Gasteiger partial charge in [-0.1, -0.05) is 445 Å². The van der Waals surface area contributed by atoms with Crippen molar-refractivity contribution in [2.75, 3.05) is 9.80 Å². The molecule has 1 aromatic heterocycles. The van der Waals surface area contributed by atoms with E-state index in [-0.39, 0.29) is 6.71 Å². The minimum atomic E-state index is -3.34. The Kier molecular flexibility index (Phi) is 20.6. The molecule has 0 unspecified atom stereocenters. The summed E-state index contributed by atoms with van der Waals surface area (Å²) in [7, 11) is -12.9. The summed E-state index contributed by atoms with van der Waals surface area (Å²) in [4.78, 5) is 5.40. The van der Waals surface area contributed by atoms with Crippen LogP contribution in [0.4, 0.5) is 34.1 Å². The SMILES string of the molecule is Cc1cc(C)cc([Si](c2ccccc2)(c2ccccc2)c2ccc(N3c4ccc([Si](c5ccccc5)(c5ccccc5)c5cc(C)cc(C)c5)cc4B4c5cc([Si](c6ccccc6)(c6ccccc6)c6cc(C)cc(C)c6)ccc5N(c5ccc([Si](c6ccccc6)(c6ccccc6)c6cc(C)cc(C)c6)cc5)c5cc(-n6c7ccccc7c7ccccc76)cc3c54)cc2)c1. The van der Waals surface area contributed by atoms with Gasteiger partial charge in [0.25, 0.3) is 6.71 Å². The molecule has 130 heavy (non-hydrogen) atoms. The van der Waals surface area contributed by atoms with E-state index in [2.05, 4.69) is 531 Å². The molecule has 622 valence electrons. The lowest BCUT2D eigenvalue weighted by Gasteiger charge is -2.46. The first-order valence-electron chi connectivity index (χ1n) is 45.8. The van der Waals surface area contributed by atoms with Gasteiger partial charge in [0.05, 0.1) is 16.7 Å². The molecule has 0 amide bonds. The maximum Gasteiger partial charge on any atom is 0.252 e. The number of hydrogen-bond donors (Lipinski definition) is 0. The zero-order valence-electron chi connectivity index (χ0n) is 74.8. The summed E-state index contributed by atoms with van der Waals surface area (Å²) in [6, 6.07) is 181. The number of benzene rings is 19. The molecule has 0 fully saturated rings. The number of anilines is 6. The summed E-state index contributed by atoms with van der Waals surface area (Å²) in [5.74, 6) is 0. The van der Waals surface area contributed by atoms with Gasteiger partial charge in [-0.2, -0.15) is 0 Å². The highest BCUT2D eigenvalue weighted by Gasteiger charge is 2.51. The van der Waals surface area contributed by atoms with Crippen LogP contribution in [0.5, 0.6) is 0 Å². The quantitative estimate of drug-likeness (QED) is 0.0590. The average Bonchev–Trinajstić information content (AvgIpc) is 0.808. The maximum absolute atomic E-state index is 3.34. The third kappa shape index (κ3) is 13.2. The predicted octanol–water partition coefficient (Wildman–Crippen LogP) is 16.8. The molecule has 0 N–H and O–H groups in total. The third-order valence-electron chi connectivity index (χ3n) is 28.1. The van der Waals surface area contributed by atoms with Crippen molar-refractivity contribution in [2.24, 2.45) is 0 Å². The molecule has 3 nitrogen and oxygen atoms in total. The highest BCUT2D eigenvalue weighted by atomic mass is 28.3. The lowest BCUT2D eigenvalue weighted by atomic mass is 9.33. The summed E-state index contributed by atoms with van der Waals surface area (Å²) >= 11 is 0. The Morgan fingerprint density at radius 2 is 0.385 bits per heavy atom. The van der Waals surface area contributed by atoms with Gasteiger partial charge in [-0.15, -0.1) is 0 Å². The van der Waals surface area contributed by atoms with Crippen molar-refractivity contribution in [1.29, 1.82) is 0 Å². The lowest BCUT2D eigenvalue weighted by Crippen LogP contribution is -2.76. The van der Waals surface area contributed by atoms with Crippen LogP contribution in [0, 0.1) is 55.4 Å². The van der Waals surface area contributed by atoms with Gasteiger partial charge in [0.2, 0.25) is 0 Å². The fourth-order valence-corrected chi connectivity index (χ4v) is 43.2. The zero-order chi connectivity index (χ0) is 88.0. The normalized spacial score (nSPS) is 12.6. The van der Waals surface area contributed by atoms with Crippen LogP contribution in [-0.4, -0.2) is 43.6 Å². The van der Waals surface area contributed by atoms with Gasteiger partial charge >= 0.3 is 0 Å². The molecule has 2 aliphatic heterocycles. The van der Waals surface area contributed by atoms with Crippen LogP contribution < -0.4 is 109 Å². The van der Waals surface area contributed by atoms with Gasteiger partial charge < -0.3 is 14.4 Å². The Morgan fingerprint density at radius 3 is 0.638 bits per heavy atom. The Bertz CT molecular complexity index is 7000. The number of fused-ring (bicyclic) bond motifs is 7. The van der Waals surface area contributed by atoms with Crippen LogP contribution in [0.3, 0.4) is 0 Å². The first-order chi connectivity index (χ1) is 63.7. The average molecular weight is 1730 g/mol. The summed E-state index contributed by atoms with van der Waals surface area (Å²) in [5.41, 5.74) is 23.8. The topological polar surface area (TPSA) is 11.4 Å². The largest absolute Gasteiger partial charge is 0.311 e. The third-order valence-corrected chi connectivity index (χ3v) is 47.1. The van der Waals surface area contributed by atoms with Crippen molar-refractivity contribution in [3.05, 3.63) is 506 Å². The molecule has 0 bridgehead atoms. The van der Waals surface area contributed by atoms with Crippen LogP contribution in [0.25, 0.3) is 27.5 Å². The smallest absolute Gasteiger partial charge is 0.252 e. The molecule has 0 aliphatic carbocycles. The Labute approximate surface area is 769 Å². The van der Waals surface area contributed by atoms with Gasteiger partial charge in [-0.25, -0.2) is 0 Å². The van der Waals surface area contributed by atoms with Crippen molar-refractivity contribution in [3.8, 4) is 5.69 Å². The highest BCUT2D eigenvalue weighted by Crippen LogP contribution is 2.47. The molecular weight excluding hydrogens is 1630 g/mol. The molecule has 3 heterocycles. The first kappa shape index (κ1) is 81.3. The summed E-state index contributed by atoms with van der Waals surface area (Å²) < 4.78 is 2.57.